The maximum absolute atomic E-state index is 12.0. The summed E-state index contributed by atoms with van der Waals surface area (Å²) in [6.45, 7) is 3.62. The summed E-state index contributed by atoms with van der Waals surface area (Å²) in [7, 11) is 0. The van der Waals surface area contributed by atoms with Crippen LogP contribution in [0.25, 0.3) is 0 Å². The predicted octanol–water partition coefficient (Wildman–Crippen LogP) is 4.67. The molecule has 0 saturated carbocycles. The van der Waals surface area contributed by atoms with E-state index in [9.17, 15) is 4.79 Å². The van der Waals surface area contributed by atoms with Crippen LogP contribution in [0.2, 0.25) is 10.0 Å². The number of nitrogens with one attached hydrogen (secondary N) is 1. The lowest BCUT2D eigenvalue weighted by atomic mass is 10.0. The Bertz CT molecular complexity index is 720. The number of ether oxygens (including phenoxy) is 1. The third kappa shape index (κ3) is 5.25. The number of benzene rings is 2. The fourth-order valence-electron chi connectivity index (χ4n) is 1.96. The lowest BCUT2D eigenvalue weighted by Crippen LogP contribution is -2.33. The summed E-state index contributed by atoms with van der Waals surface area (Å²) in [5, 5.41) is 4.84. The van der Waals surface area contributed by atoms with Gasteiger partial charge in [-0.1, -0.05) is 60.5 Å². The van der Waals surface area contributed by atoms with E-state index in [1.54, 1.807) is 31.3 Å². The van der Waals surface area contributed by atoms with Crippen LogP contribution in [-0.2, 0) is 4.79 Å². The second-order valence-electron chi connectivity index (χ2n) is 5.29. The molecule has 2 aromatic rings. The largest absolute Gasteiger partial charge is 0.479 e. The van der Waals surface area contributed by atoms with E-state index in [2.05, 4.69) is 10.5 Å². The first-order valence-electron chi connectivity index (χ1n) is 7.47. The monoisotopic (exact) mass is 364 g/mol. The summed E-state index contributed by atoms with van der Waals surface area (Å²) in [6, 6.07) is 14.7. The van der Waals surface area contributed by atoms with E-state index in [4.69, 9.17) is 27.9 Å². The Hall–Kier alpha value is -2.04. The lowest BCUT2D eigenvalue weighted by Gasteiger charge is -2.14. The Morgan fingerprint density at radius 1 is 1.17 bits per heavy atom. The van der Waals surface area contributed by atoms with Crippen LogP contribution in [0.1, 0.15) is 25.3 Å². The second-order valence-corrected chi connectivity index (χ2v) is 6.13. The number of carbonyl (C=O) groups excluding carboxylic acids is 1. The molecule has 0 heterocycles. The molecule has 0 aliphatic carbocycles. The number of halogens is 2. The zero-order valence-electron chi connectivity index (χ0n) is 13.4. The van der Waals surface area contributed by atoms with Crippen LogP contribution >= 0.6 is 23.2 Å². The molecule has 0 aliphatic heterocycles. The van der Waals surface area contributed by atoms with Crippen LogP contribution in [0.5, 0.6) is 5.75 Å². The fourth-order valence-corrected chi connectivity index (χ4v) is 2.41. The number of hydrogen-bond acceptors (Lipinski definition) is 3. The van der Waals surface area contributed by atoms with Crippen LogP contribution in [0.4, 0.5) is 0 Å². The minimum Gasteiger partial charge on any atom is -0.479 e. The third-order valence-electron chi connectivity index (χ3n) is 3.37. The maximum Gasteiger partial charge on any atom is 0.280 e. The van der Waals surface area contributed by atoms with E-state index in [0.29, 0.717) is 15.8 Å². The van der Waals surface area contributed by atoms with Crippen molar-refractivity contribution in [1.29, 1.82) is 0 Å². The van der Waals surface area contributed by atoms with Crippen LogP contribution in [0.3, 0.4) is 0 Å². The molecule has 2 rings (SSSR count). The molecule has 0 aliphatic rings. The Morgan fingerprint density at radius 2 is 1.88 bits per heavy atom. The van der Waals surface area contributed by atoms with Gasteiger partial charge in [-0.25, -0.2) is 5.43 Å². The van der Waals surface area contributed by atoms with Crippen molar-refractivity contribution in [3.05, 3.63) is 64.1 Å². The average molecular weight is 365 g/mol. The van der Waals surface area contributed by atoms with E-state index in [1.807, 2.05) is 37.3 Å². The van der Waals surface area contributed by atoms with Crippen molar-refractivity contribution in [2.75, 3.05) is 0 Å². The van der Waals surface area contributed by atoms with Crippen molar-refractivity contribution in [3.63, 3.8) is 0 Å². The quantitative estimate of drug-likeness (QED) is 0.598. The second kappa shape index (κ2) is 8.71. The van der Waals surface area contributed by atoms with Crippen molar-refractivity contribution in [2.24, 2.45) is 5.10 Å². The zero-order chi connectivity index (χ0) is 17.5. The highest BCUT2D eigenvalue weighted by Gasteiger charge is 2.15. The van der Waals surface area contributed by atoms with Crippen molar-refractivity contribution in [2.45, 2.75) is 25.9 Å². The minimum atomic E-state index is -0.743. The van der Waals surface area contributed by atoms with Gasteiger partial charge in [0, 0.05) is 17.2 Å². The number of hydrogen-bond donors (Lipinski definition) is 1. The molecular formula is C18H18Cl2N2O2. The van der Waals surface area contributed by atoms with Gasteiger partial charge in [0.15, 0.2) is 6.10 Å². The van der Waals surface area contributed by atoms with Gasteiger partial charge in [-0.2, -0.15) is 5.10 Å². The van der Waals surface area contributed by atoms with Crippen LogP contribution < -0.4 is 10.2 Å². The molecule has 0 radical (unpaired) electrons. The zero-order valence-corrected chi connectivity index (χ0v) is 14.9. The number of nitrogens with zero attached hydrogens (tertiary/aromatic N) is 1. The van der Waals surface area contributed by atoms with E-state index < -0.39 is 6.10 Å². The number of hydrazone groups is 1. The first-order valence-corrected chi connectivity index (χ1v) is 8.22. The van der Waals surface area contributed by atoms with E-state index in [0.717, 1.165) is 5.56 Å². The lowest BCUT2D eigenvalue weighted by molar-refractivity contribution is -0.127. The van der Waals surface area contributed by atoms with Gasteiger partial charge in [-0.05, 0) is 30.7 Å². The van der Waals surface area contributed by atoms with E-state index in [-0.39, 0.29) is 11.8 Å². The number of amides is 1. The van der Waals surface area contributed by atoms with E-state index >= 15 is 0 Å². The van der Waals surface area contributed by atoms with Crippen molar-refractivity contribution in [1.82, 2.24) is 5.43 Å². The molecule has 0 aromatic heterocycles. The average Bonchev–Trinajstić information content (AvgIpc) is 2.57. The topological polar surface area (TPSA) is 50.7 Å². The summed E-state index contributed by atoms with van der Waals surface area (Å²) in [5.74, 6) is 0.122. The molecule has 126 valence electrons. The molecule has 0 bridgehead atoms. The van der Waals surface area contributed by atoms with Crippen LogP contribution in [-0.4, -0.2) is 18.2 Å². The molecule has 2 unspecified atom stereocenters. The Labute approximate surface area is 151 Å². The van der Waals surface area contributed by atoms with Crippen molar-refractivity contribution < 1.29 is 9.53 Å². The summed E-state index contributed by atoms with van der Waals surface area (Å²) in [5.41, 5.74) is 3.59. The van der Waals surface area contributed by atoms with Gasteiger partial charge < -0.3 is 4.74 Å². The Kier molecular flexibility index (Phi) is 6.64. The summed E-state index contributed by atoms with van der Waals surface area (Å²) in [6.07, 6.45) is 0.933. The fraction of sp³-hybridized carbons (Fsp3) is 0.222. The highest BCUT2D eigenvalue weighted by Crippen LogP contribution is 2.28. The Morgan fingerprint density at radius 3 is 2.54 bits per heavy atom. The molecule has 0 spiro atoms. The number of rotatable bonds is 6. The molecule has 0 saturated heterocycles. The highest BCUT2D eigenvalue weighted by atomic mass is 35.5. The van der Waals surface area contributed by atoms with Gasteiger partial charge in [0.05, 0.1) is 5.02 Å². The molecule has 24 heavy (non-hydrogen) atoms. The molecule has 0 fully saturated rings. The molecular weight excluding hydrogens is 347 g/mol. The maximum atomic E-state index is 12.0. The molecule has 6 heteroatoms. The predicted molar refractivity (Wildman–Crippen MR) is 98.0 cm³/mol. The smallest absolute Gasteiger partial charge is 0.280 e. The molecule has 4 nitrogen and oxygen atoms in total. The molecule has 2 atom stereocenters. The normalized spacial score (nSPS) is 13.5. The van der Waals surface area contributed by atoms with Gasteiger partial charge in [0.25, 0.3) is 5.91 Å². The van der Waals surface area contributed by atoms with Crippen LogP contribution in [0.15, 0.2) is 53.6 Å². The number of carbonyl (C=O) groups is 1. The molecule has 1 amide bonds. The van der Waals surface area contributed by atoms with Gasteiger partial charge >= 0.3 is 0 Å². The van der Waals surface area contributed by atoms with Gasteiger partial charge in [0.2, 0.25) is 0 Å². The van der Waals surface area contributed by atoms with Crippen LogP contribution in [0, 0.1) is 0 Å². The minimum absolute atomic E-state index is 0.0911. The third-order valence-corrected chi connectivity index (χ3v) is 3.90. The molecule has 2 aromatic carbocycles. The van der Waals surface area contributed by atoms with E-state index in [1.165, 1.54) is 0 Å². The van der Waals surface area contributed by atoms with Gasteiger partial charge in [-0.15, -0.1) is 0 Å². The summed E-state index contributed by atoms with van der Waals surface area (Å²) >= 11 is 11.8. The van der Waals surface area contributed by atoms with Gasteiger partial charge in [0.1, 0.15) is 5.75 Å². The first kappa shape index (κ1) is 18.3. The van der Waals surface area contributed by atoms with Crippen molar-refractivity contribution in [3.8, 4) is 5.75 Å². The molecule has 1 N–H and O–H groups in total. The SMILES string of the molecule is CC(Oc1ccc(Cl)cc1Cl)C(=O)NN=CC(C)c1ccccc1. The van der Waals surface area contributed by atoms with Crippen molar-refractivity contribution >= 4 is 35.3 Å². The van der Waals surface area contributed by atoms with Gasteiger partial charge in [-0.3, -0.25) is 4.79 Å². The Balaban J connectivity index is 1.88. The summed E-state index contributed by atoms with van der Waals surface area (Å²) in [4.78, 5) is 12.0. The summed E-state index contributed by atoms with van der Waals surface area (Å²) < 4.78 is 5.53. The standard InChI is InChI=1S/C18H18Cl2N2O2/c1-12(14-6-4-3-5-7-14)11-21-22-18(23)13(2)24-17-9-8-15(19)10-16(17)20/h3-13H,1-2H3,(H,22,23). The first-order chi connectivity index (χ1) is 11.5. The highest BCUT2D eigenvalue weighted by molar-refractivity contribution is 6.35.